The molecule has 1 heterocycles. The van der Waals surface area contributed by atoms with Gasteiger partial charge in [-0.05, 0) is 39.3 Å². The molecule has 1 fully saturated rings. The van der Waals surface area contributed by atoms with Gasteiger partial charge in [-0.3, -0.25) is 4.90 Å². The lowest BCUT2D eigenvalue weighted by molar-refractivity contribution is -0.0159. The minimum Gasteiger partial charge on any atom is -0.444 e. The van der Waals surface area contributed by atoms with Crippen LogP contribution in [-0.2, 0) is 11.3 Å². The fourth-order valence-electron chi connectivity index (χ4n) is 2.61. The van der Waals surface area contributed by atoms with Gasteiger partial charge >= 0.3 is 6.09 Å². The molecule has 1 aromatic rings. The maximum Gasteiger partial charge on any atom is 0.410 e. The maximum absolute atomic E-state index is 12.6. The predicted octanol–water partition coefficient (Wildman–Crippen LogP) is 2.15. The van der Waals surface area contributed by atoms with Crippen LogP contribution in [0.3, 0.4) is 0 Å². The largest absolute Gasteiger partial charge is 0.444 e. The molecule has 0 unspecified atom stereocenters. The highest BCUT2D eigenvalue weighted by Gasteiger charge is 2.34. The van der Waals surface area contributed by atoms with Crippen molar-refractivity contribution in [3.63, 3.8) is 0 Å². The van der Waals surface area contributed by atoms with Crippen LogP contribution in [0.15, 0.2) is 30.3 Å². The normalized spacial score (nSPS) is 22.2. The van der Waals surface area contributed by atoms with Gasteiger partial charge in [0.15, 0.2) is 0 Å². The van der Waals surface area contributed by atoms with Gasteiger partial charge in [0.05, 0.1) is 12.1 Å². The number of aliphatic hydroxyl groups is 1. The van der Waals surface area contributed by atoms with Gasteiger partial charge in [0, 0.05) is 13.1 Å². The van der Waals surface area contributed by atoms with Crippen molar-refractivity contribution >= 4 is 6.09 Å². The van der Waals surface area contributed by atoms with Crippen LogP contribution < -0.4 is 5.32 Å². The molecule has 1 aliphatic heterocycles. The summed E-state index contributed by atoms with van der Waals surface area (Å²) in [6.07, 6.45) is -0.236. The molecule has 2 atom stereocenters. The number of ether oxygens (including phenoxy) is 1. The van der Waals surface area contributed by atoms with Crippen molar-refractivity contribution < 1.29 is 14.6 Å². The zero-order chi connectivity index (χ0) is 16.2. The van der Waals surface area contributed by atoms with E-state index in [1.807, 2.05) is 51.1 Å². The van der Waals surface area contributed by atoms with Crippen LogP contribution in [0, 0.1) is 0 Å². The summed E-state index contributed by atoms with van der Waals surface area (Å²) in [4.78, 5) is 14.2. The van der Waals surface area contributed by atoms with Gasteiger partial charge in [-0.1, -0.05) is 30.3 Å². The third-order valence-electron chi connectivity index (χ3n) is 3.64. The lowest BCUT2D eigenvalue weighted by Crippen LogP contribution is -2.55. The molecule has 2 rings (SSSR count). The number of aliphatic hydroxyl groups excluding tert-OH is 1. The Morgan fingerprint density at radius 1 is 1.36 bits per heavy atom. The second-order valence-corrected chi connectivity index (χ2v) is 6.72. The van der Waals surface area contributed by atoms with E-state index in [1.54, 1.807) is 4.90 Å². The fraction of sp³-hybridized carbons (Fsp3) is 0.588. The van der Waals surface area contributed by atoms with E-state index in [-0.39, 0.29) is 12.1 Å². The Balaban J connectivity index is 2.17. The van der Waals surface area contributed by atoms with Crippen LogP contribution in [0.4, 0.5) is 4.79 Å². The quantitative estimate of drug-likeness (QED) is 0.898. The van der Waals surface area contributed by atoms with Gasteiger partial charge in [0.25, 0.3) is 0 Å². The van der Waals surface area contributed by atoms with Crippen molar-refractivity contribution in [2.24, 2.45) is 0 Å². The van der Waals surface area contributed by atoms with Gasteiger partial charge in [-0.2, -0.15) is 0 Å². The summed E-state index contributed by atoms with van der Waals surface area (Å²) >= 11 is 0. The highest BCUT2D eigenvalue weighted by Crippen LogP contribution is 2.20. The SMILES string of the molecule is CC(C)(C)OC(=O)N(Cc1ccccc1)[C@H]1CCNC[C@@H]1O. The van der Waals surface area contributed by atoms with Crippen molar-refractivity contribution in [2.45, 2.75) is 51.5 Å². The first kappa shape index (κ1) is 16.8. The summed E-state index contributed by atoms with van der Waals surface area (Å²) in [7, 11) is 0. The van der Waals surface area contributed by atoms with Crippen LogP contribution >= 0.6 is 0 Å². The molecule has 122 valence electrons. The topological polar surface area (TPSA) is 61.8 Å². The Hall–Kier alpha value is -1.59. The van der Waals surface area contributed by atoms with Crippen LogP contribution in [0.25, 0.3) is 0 Å². The molecule has 1 aromatic carbocycles. The molecule has 1 saturated heterocycles. The van der Waals surface area contributed by atoms with E-state index in [9.17, 15) is 9.90 Å². The van der Waals surface area contributed by atoms with Crippen molar-refractivity contribution in [2.75, 3.05) is 13.1 Å². The first-order valence-corrected chi connectivity index (χ1v) is 7.79. The highest BCUT2D eigenvalue weighted by molar-refractivity contribution is 5.68. The van der Waals surface area contributed by atoms with E-state index in [4.69, 9.17) is 4.74 Å². The summed E-state index contributed by atoms with van der Waals surface area (Å²) < 4.78 is 5.53. The fourth-order valence-corrected chi connectivity index (χ4v) is 2.61. The minimum absolute atomic E-state index is 0.226. The Morgan fingerprint density at radius 3 is 2.64 bits per heavy atom. The van der Waals surface area contributed by atoms with Crippen molar-refractivity contribution in [3.05, 3.63) is 35.9 Å². The average molecular weight is 306 g/mol. The standard InChI is InChI=1S/C17H26N2O3/c1-17(2,3)22-16(21)19(12-13-7-5-4-6-8-13)14-9-10-18-11-15(14)20/h4-8,14-15,18,20H,9-12H2,1-3H3/t14-,15-/m0/s1. The molecule has 0 saturated carbocycles. The van der Waals surface area contributed by atoms with Crippen LogP contribution in [0.2, 0.25) is 0 Å². The van der Waals surface area contributed by atoms with E-state index < -0.39 is 11.7 Å². The predicted molar refractivity (Wildman–Crippen MR) is 85.5 cm³/mol. The summed E-state index contributed by atoms with van der Waals surface area (Å²) in [5.74, 6) is 0. The molecule has 1 aliphatic rings. The minimum atomic E-state index is -0.579. The molecule has 0 aromatic heterocycles. The number of carbonyl (C=O) groups excluding carboxylic acids is 1. The Labute approximate surface area is 132 Å². The number of piperidine rings is 1. The number of benzene rings is 1. The molecule has 0 aliphatic carbocycles. The highest BCUT2D eigenvalue weighted by atomic mass is 16.6. The molecule has 5 nitrogen and oxygen atoms in total. The van der Waals surface area contributed by atoms with Gasteiger partial charge < -0.3 is 15.2 Å². The van der Waals surface area contributed by atoms with Crippen LogP contribution in [-0.4, -0.2) is 46.9 Å². The lowest BCUT2D eigenvalue weighted by atomic mass is 10.0. The number of nitrogens with zero attached hydrogens (tertiary/aromatic N) is 1. The van der Waals surface area contributed by atoms with Crippen molar-refractivity contribution in [3.8, 4) is 0 Å². The first-order valence-electron chi connectivity index (χ1n) is 7.79. The first-order chi connectivity index (χ1) is 10.4. The number of rotatable bonds is 3. The Bertz CT molecular complexity index is 484. The molecular weight excluding hydrogens is 280 g/mol. The van der Waals surface area contributed by atoms with Gasteiger partial charge in [-0.15, -0.1) is 0 Å². The Morgan fingerprint density at radius 2 is 2.05 bits per heavy atom. The lowest BCUT2D eigenvalue weighted by Gasteiger charge is -2.38. The Kier molecular flexibility index (Phi) is 5.42. The van der Waals surface area contributed by atoms with Crippen molar-refractivity contribution in [1.29, 1.82) is 0 Å². The number of amides is 1. The maximum atomic E-state index is 12.6. The summed E-state index contributed by atoms with van der Waals surface area (Å²) in [5.41, 5.74) is 0.475. The third kappa shape index (κ3) is 4.71. The molecule has 0 bridgehead atoms. The number of carbonyl (C=O) groups is 1. The molecule has 0 radical (unpaired) electrons. The number of hydrogen-bond donors (Lipinski definition) is 2. The van der Waals surface area contributed by atoms with E-state index in [0.29, 0.717) is 19.5 Å². The second kappa shape index (κ2) is 7.11. The zero-order valence-corrected chi connectivity index (χ0v) is 13.6. The molecule has 0 spiro atoms. The monoisotopic (exact) mass is 306 g/mol. The van der Waals surface area contributed by atoms with Gasteiger partial charge in [-0.25, -0.2) is 4.79 Å². The number of hydrogen-bond acceptors (Lipinski definition) is 4. The van der Waals surface area contributed by atoms with Crippen LogP contribution in [0.1, 0.15) is 32.8 Å². The van der Waals surface area contributed by atoms with Crippen LogP contribution in [0.5, 0.6) is 0 Å². The third-order valence-corrected chi connectivity index (χ3v) is 3.64. The molecule has 5 heteroatoms. The van der Waals surface area contributed by atoms with Crippen molar-refractivity contribution in [1.82, 2.24) is 10.2 Å². The van der Waals surface area contributed by atoms with E-state index in [2.05, 4.69) is 5.32 Å². The second-order valence-electron chi connectivity index (χ2n) is 6.72. The van der Waals surface area contributed by atoms with E-state index in [0.717, 1.165) is 12.1 Å². The average Bonchev–Trinajstić information content (AvgIpc) is 2.45. The summed E-state index contributed by atoms with van der Waals surface area (Å²) in [5, 5.41) is 13.4. The van der Waals surface area contributed by atoms with E-state index >= 15 is 0 Å². The molecule has 2 N–H and O–H groups in total. The molecule has 22 heavy (non-hydrogen) atoms. The van der Waals surface area contributed by atoms with Gasteiger partial charge in [0.2, 0.25) is 0 Å². The smallest absolute Gasteiger partial charge is 0.410 e. The number of β-amino-alcohol motifs (C(OH)–C–C–N with tert-alkyl or cyclic N) is 1. The molecule has 1 amide bonds. The summed E-state index contributed by atoms with van der Waals surface area (Å²) in [6, 6.07) is 9.57. The summed E-state index contributed by atoms with van der Waals surface area (Å²) in [6.45, 7) is 7.28. The molecular formula is C17H26N2O3. The van der Waals surface area contributed by atoms with Gasteiger partial charge in [0.1, 0.15) is 5.60 Å². The van der Waals surface area contributed by atoms with E-state index in [1.165, 1.54) is 0 Å². The zero-order valence-electron chi connectivity index (χ0n) is 13.6. The number of nitrogens with one attached hydrogen (secondary N) is 1.